The molecule has 0 unspecified atom stereocenters. The molecule has 1 aliphatic heterocycles. The molecule has 1 aromatic rings. The van der Waals surface area contributed by atoms with Crippen LogP contribution in [-0.4, -0.2) is 25.8 Å². The number of nitrogens with two attached hydrogens (primary N) is 1. The fourth-order valence-corrected chi connectivity index (χ4v) is 4.42. The third kappa shape index (κ3) is 2.25. The second kappa shape index (κ2) is 4.80. The van der Waals surface area contributed by atoms with E-state index in [2.05, 4.69) is 0 Å². The third-order valence-electron chi connectivity index (χ3n) is 4.31. The Kier molecular flexibility index (Phi) is 3.27. The topological polar surface area (TPSA) is 63.4 Å². The van der Waals surface area contributed by atoms with Gasteiger partial charge in [-0.15, -0.1) is 0 Å². The molecule has 104 valence electrons. The van der Waals surface area contributed by atoms with Gasteiger partial charge in [0.1, 0.15) is 0 Å². The van der Waals surface area contributed by atoms with Crippen molar-refractivity contribution in [1.82, 2.24) is 4.31 Å². The second-order valence-electron chi connectivity index (χ2n) is 5.53. The molecule has 1 aromatic carbocycles. The summed E-state index contributed by atoms with van der Waals surface area (Å²) in [7, 11) is -3.32. The van der Waals surface area contributed by atoms with Crippen molar-refractivity contribution in [2.24, 2.45) is 0 Å². The van der Waals surface area contributed by atoms with E-state index in [9.17, 15) is 8.42 Å². The second-order valence-corrected chi connectivity index (χ2v) is 7.47. The molecule has 0 radical (unpaired) electrons. The van der Waals surface area contributed by atoms with Gasteiger partial charge in [0, 0.05) is 18.8 Å². The first-order valence-electron chi connectivity index (χ1n) is 6.98. The van der Waals surface area contributed by atoms with E-state index in [1.54, 1.807) is 22.5 Å². The highest BCUT2D eigenvalue weighted by Gasteiger charge is 2.29. The lowest BCUT2D eigenvalue weighted by molar-refractivity contribution is 0.420. The molecule has 0 amide bonds. The van der Waals surface area contributed by atoms with Crippen molar-refractivity contribution in [2.45, 2.75) is 42.9 Å². The van der Waals surface area contributed by atoms with Gasteiger partial charge in [0.25, 0.3) is 0 Å². The molecule has 0 atom stereocenters. The van der Waals surface area contributed by atoms with Gasteiger partial charge in [-0.3, -0.25) is 0 Å². The van der Waals surface area contributed by atoms with Crippen molar-refractivity contribution >= 4 is 15.7 Å². The van der Waals surface area contributed by atoms with Crippen LogP contribution >= 0.6 is 0 Å². The van der Waals surface area contributed by atoms with E-state index in [1.165, 1.54) is 6.42 Å². The van der Waals surface area contributed by atoms with Crippen LogP contribution in [0.2, 0.25) is 0 Å². The minimum Gasteiger partial charge on any atom is -0.398 e. The lowest BCUT2D eigenvalue weighted by Crippen LogP contribution is -2.28. The zero-order valence-electron chi connectivity index (χ0n) is 11.0. The molecular weight excluding hydrogens is 260 g/mol. The predicted molar refractivity (Wildman–Crippen MR) is 75.4 cm³/mol. The highest BCUT2D eigenvalue weighted by Crippen LogP contribution is 2.40. The Morgan fingerprint density at radius 1 is 1.11 bits per heavy atom. The van der Waals surface area contributed by atoms with Crippen molar-refractivity contribution in [3.05, 3.63) is 23.8 Å². The average molecular weight is 280 g/mol. The molecule has 0 bridgehead atoms. The van der Waals surface area contributed by atoms with Crippen LogP contribution in [0.5, 0.6) is 0 Å². The van der Waals surface area contributed by atoms with Crippen LogP contribution < -0.4 is 5.73 Å². The van der Waals surface area contributed by atoms with Crippen LogP contribution in [0.1, 0.15) is 43.6 Å². The summed E-state index contributed by atoms with van der Waals surface area (Å²) in [4.78, 5) is 0.408. The Morgan fingerprint density at radius 3 is 2.37 bits per heavy atom. The lowest BCUT2D eigenvalue weighted by Gasteiger charge is -2.27. The molecule has 2 fully saturated rings. The van der Waals surface area contributed by atoms with Gasteiger partial charge in [0.15, 0.2) is 0 Å². The fourth-order valence-electron chi connectivity index (χ4n) is 2.86. The summed E-state index contributed by atoms with van der Waals surface area (Å²) in [6.45, 7) is 1.29. The van der Waals surface area contributed by atoms with Gasteiger partial charge in [0.05, 0.1) is 4.90 Å². The van der Waals surface area contributed by atoms with Gasteiger partial charge in [0.2, 0.25) is 10.0 Å². The summed E-state index contributed by atoms with van der Waals surface area (Å²) >= 11 is 0. The van der Waals surface area contributed by atoms with Gasteiger partial charge in [-0.2, -0.15) is 4.31 Å². The van der Waals surface area contributed by atoms with E-state index in [-0.39, 0.29) is 0 Å². The van der Waals surface area contributed by atoms with E-state index in [0.717, 1.165) is 36.9 Å². The molecule has 2 aliphatic rings. The zero-order valence-corrected chi connectivity index (χ0v) is 11.8. The smallest absolute Gasteiger partial charge is 0.243 e. The molecular formula is C14H20N2O2S. The standard InChI is InChI=1S/C14H20N2O2S/c15-14-7-6-12(10-13(14)11-4-3-5-11)19(17,18)16-8-1-2-9-16/h6-7,10-11H,1-5,8-9,15H2. The first-order valence-corrected chi connectivity index (χ1v) is 8.42. The lowest BCUT2D eigenvalue weighted by atomic mass is 9.79. The number of hydrogen-bond donors (Lipinski definition) is 1. The fraction of sp³-hybridized carbons (Fsp3) is 0.571. The number of hydrogen-bond acceptors (Lipinski definition) is 3. The molecule has 4 nitrogen and oxygen atoms in total. The van der Waals surface area contributed by atoms with Gasteiger partial charge in [-0.25, -0.2) is 8.42 Å². The van der Waals surface area contributed by atoms with E-state index < -0.39 is 10.0 Å². The van der Waals surface area contributed by atoms with Gasteiger partial charge >= 0.3 is 0 Å². The van der Waals surface area contributed by atoms with E-state index in [1.807, 2.05) is 0 Å². The highest BCUT2D eigenvalue weighted by molar-refractivity contribution is 7.89. The minimum absolute atomic E-state index is 0.408. The SMILES string of the molecule is Nc1ccc(S(=O)(=O)N2CCCC2)cc1C1CCC1. The molecule has 19 heavy (non-hydrogen) atoms. The van der Waals surface area contributed by atoms with E-state index in [0.29, 0.717) is 23.9 Å². The maximum Gasteiger partial charge on any atom is 0.243 e. The Bertz CT molecular complexity index is 573. The van der Waals surface area contributed by atoms with E-state index >= 15 is 0 Å². The third-order valence-corrected chi connectivity index (χ3v) is 6.20. The Morgan fingerprint density at radius 2 is 1.79 bits per heavy atom. The summed E-state index contributed by atoms with van der Waals surface area (Å²) in [6, 6.07) is 5.19. The number of nitrogen functional groups attached to an aromatic ring is 1. The van der Waals surface area contributed by atoms with Crippen molar-refractivity contribution in [1.29, 1.82) is 0 Å². The van der Waals surface area contributed by atoms with Gasteiger partial charge in [-0.1, -0.05) is 6.42 Å². The van der Waals surface area contributed by atoms with Crippen molar-refractivity contribution in [3.63, 3.8) is 0 Å². The number of rotatable bonds is 3. The number of benzene rings is 1. The first-order chi connectivity index (χ1) is 9.09. The molecule has 0 spiro atoms. The molecule has 1 saturated carbocycles. The Hall–Kier alpha value is -1.07. The highest BCUT2D eigenvalue weighted by atomic mass is 32.2. The summed E-state index contributed by atoms with van der Waals surface area (Å²) < 4.78 is 26.6. The Balaban J connectivity index is 1.96. The van der Waals surface area contributed by atoms with Crippen LogP contribution in [0.25, 0.3) is 0 Å². The summed E-state index contributed by atoms with van der Waals surface area (Å²) in [6.07, 6.45) is 5.38. The van der Waals surface area contributed by atoms with Crippen molar-refractivity contribution < 1.29 is 8.42 Å². The average Bonchev–Trinajstić information content (AvgIpc) is 2.83. The van der Waals surface area contributed by atoms with Crippen LogP contribution in [0, 0.1) is 0 Å². The molecule has 1 aliphatic carbocycles. The van der Waals surface area contributed by atoms with Crippen LogP contribution in [0.3, 0.4) is 0 Å². The Labute approximate surface area is 114 Å². The van der Waals surface area contributed by atoms with Crippen LogP contribution in [0.4, 0.5) is 5.69 Å². The predicted octanol–water partition coefficient (Wildman–Crippen LogP) is 2.32. The zero-order chi connectivity index (χ0) is 13.5. The van der Waals surface area contributed by atoms with Crippen LogP contribution in [0.15, 0.2) is 23.1 Å². The van der Waals surface area contributed by atoms with Crippen LogP contribution in [-0.2, 0) is 10.0 Å². The quantitative estimate of drug-likeness (QED) is 0.864. The largest absolute Gasteiger partial charge is 0.398 e. The number of nitrogens with zero attached hydrogens (tertiary/aromatic N) is 1. The maximum absolute atomic E-state index is 12.5. The normalized spacial score (nSPS) is 21.5. The molecule has 2 N–H and O–H groups in total. The monoisotopic (exact) mass is 280 g/mol. The van der Waals surface area contributed by atoms with Crippen molar-refractivity contribution in [2.75, 3.05) is 18.8 Å². The number of sulfonamides is 1. The summed E-state index contributed by atoms with van der Waals surface area (Å²) in [5, 5.41) is 0. The molecule has 3 rings (SSSR count). The maximum atomic E-state index is 12.5. The molecule has 1 heterocycles. The van der Waals surface area contributed by atoms with Crippen molar-refractivity contribution in [3.8, 4) is 0 Å². The van der Waals surface area contributed by atoms with Gasteiger partial charge in [-0.05, 0) is 55.4 Å². The number of anilines is 1. The minimum atomic E-state index is -3.32. The molecule has 5 heteroatoms. The molecule has 1 saturated heterocycles. The first kappa shape index (κ1) is 12.9. The molecule has 0 aromatic heterocycles. The summed E-state index contributed by atoms with van der Waals surface area (Å²) in [5.74, 6) is 0.453. The van der Waals surface area contributed by atoms with E-state index in [4.69, 9.17) is 5.73 Å². The van der Waals surface area contributed by atoms with Gasteiger partial charge < -0.3 is 5.73 Å². The summed E-state index contributed by atoms with van der Waals surface area (Å²) in [5.41, 5.74) is 7.73.